The lowest BCUT2D eigenvalue weighted by Gasteiger charge is -2.35. The predicted octanol–water partition coefficient (Wildman–Crippen LogP) is 1.94. The largest absolute Gasteiger partial charge is 0.334 e. The first-order valence-corrected chi connectivity index (χ1v) is 11.5. The molecule has 0 bridgehead atoms. The van der Waals surface area contributed by atoms with E-state index in [1.807, 2.05) is 36.4 Å². The first-order chi connectivity index (χ1) is 13.9. The third-order valence-corrected chi connectivity index (χ3v) is 5.86. The van der Waals surface area contributed by atoms with Gasteiger partial charge < -0.3 is 4.90 Å². The van der Waals surface area contributed by atoms with Gasteiger partial charge in [-0.25, -0.2) is 22.6 Å². The molecule has 0 spiro atoms. The molecule has 1 amide bonds. The van der Waals surface area contributed by atoms with Gasteiger partial charge in [0.1, 0.15) is 5.56 Å². The van der Waals surface area contributed by atoms with E-state index in [1.54, 1.807) is 21.8 Å². The monoisotopic (exact) mass is 413 g/mol. The van der Waals surface area contributed by atoms with E-state index in [4.69, 9.17) is 0 Å². The number of sulfonamides is 1. The highest BCUT2D eigenvalue weighted by molar-refractivity contribution is 7.88. The summed E-state index contributed by atoms with van der Waals surface area (Å²) in [4.78, 5) is 19.5. The Hall–Kier alpha value is -2.78. The van der Waals surface area contributed by atoms with Crippen molar-refractivity contribution in [3.8, 4) is 11.3 Å². The van der Waals surface area contributed by atoms with Crippen LogP contribution in [0.25, 0.3) is 16.9 Å². The van der Waals surface area contributed by atoms with Crippen LogP contribution in [0.3, 0.4) is 0 Å². The summed E-state index contributed by atoms with van der Waals surface area (Å²) in [6, 6.07) is 11.5. The second-order valence-corrected chi connectivity index (χ2v) is 9.09. The molecule has 8 nitrogen and oxygen atoms in total. The summed E-state index contributed by atoms with van der Waals surface area (Å²) in [5, 5.41) is 4.42. The number of hydrogen-bond acceptors (Lipinski definition) is 5. The van der Waals surface area contributed by atoms with Crippen molar-refractivity contribution in [1.82, 2.24) is 24.2 Å². The van der Waals surface area contributed by atoms with Gasteiger partial charge in [0.25, 0.3) is 5.91 Å². The Balaban J connectivity index is 1.66. The minimum absolute atomic E-state index is 0.169. The van der Waals surface area contributed by atoms with E-state index in [0.717, 1.165) is 36.8 Å². The van der Waals surface area contributed by atoms with Crippen molar-refractivity contribution in [3.63, 3.8) is 0 Å². The third kappa shape index (κ3) is 4.15. The van der Waals surface area contributed by atoms with Gasteiger partial charge in [-0.2, -0.15) is 5.10 Å². The number of fused-ring (bicyclic) bond motifs is 1. The Labute approximate surface area is 169 Å². The summed E-state index contributed by atoms with van der Waals surface area (Å²) in [5.41, 5.74) is 2.75. The molecule has 0 aliphatic carbocycles. The van der Waals surface area contributed by atoms with Gasteiger partial charge in [-0.15, -0.1) is 0 Å². The lowest BCUT2D eigenvalue weighted by atomic mass is 10.0. The average Bonchev–Trinajstić information content (AvgIpc) is 3.16. The van der Waals surface area contributed by atoms with Crippen LogP contribution in [0.1, 0.15) is 29.6 Å². The Morgan fingerprint density at radius 2 is 2.00 bits per heavy atom. The van der Waals surface area contributed by atoms with Crippen LogP contribution in [0.4, 0.5) is 0 Å². The first-order valence-electron chi connectivity index (χ1n) is 9.58. The summed E-state index contributed by atoms with van der Waals surface area (Å²) >= 11 is 0. The molecular formula is C20H23N5O3S. The number of piperidine rings is 1. The van der Waals surface area contributed by atoms with Gasteiger partial charge in [-0.1, -0.05) is 30.3 Å². The molecule has 1 atom stereocenters. The van der Waals surface area contributed by atoms with Gasteiger partial charge in [0, 0.05) is 30.9 Å². The second kappa shape index (κ2) is 7.92. The van der Waals surface area contributed by atoms with Crippen LogP contribution in [0.2, 0.25) is 0 Å². The van der Waals surface area contributed by atoms with Crippen molar-refractivity contribution in [2.45, 2.75) is 25.3 Å². The van der Waals surface area contributed by atoms with Crippen molar-refractivity contribution < 1.29 is 13.2 Å². The van der Waals surface area contributed by atoms with E-state index in [9.17, 15) is 13.2 Å². The van der Waals surface area contributed by atoms with Gasteiger partial charge in [-0.3, -0.25) is 4.79 Å². The van der Waals surface area contributed by atoms with E-state index in [-0.39, 0.29) is 18.5 Å². The number of nitrogens with zero attached hydrogens (tertiary/aromatic N) is 4. The Kier molecular flexibility index (Phi) is 5.33. The minimum Gasteiger partial charge on any atom is -0.334 e. The molecule has 1 aromatic carbocycles. The number of carbonyl (C=O) groups excluding carboxylic acids is 1. The van der Waals surface area contributed by atoms with Crippen molar-refractivity contribution in [3.05, 3.63) is 54.4 Å². The minimum atomic E-state index is -3.31. The van der Waals surface area contributed by atoms with E-state index in [2.05, 4.69) is 14.8 Å². The van der Waals surface area contributed by atoms with Crippen LogP contribution in [0.5, 0.6) is 0 Å². The van der Waals surface area contributed by atoms with Crippen LogP contribution in [-0.4, -0.2) is 59.2 Å². The zero-order valence-corrected chi connectivity index (χ0v) is 17.0. The maximum Gasteiger partial charge on any atom is 0.259 e. The summed E-state index contributed by atoms with van der Waals surface area (Å²) in [7, 11) is -3.31. The Morgan fingerprint density at radius 1 is 1.21 bits per heavy atom. The highest BCUT2D eigenvalue weighted by Gasteiger charge is 2.30. The molecule has 1 unspecified atom stereocenters. The number of rotatable bonds is 5. The number of hydrogen-bond donors (Lipinski definition) is 1. The summed E-state index contributed by atoms with van der Waals surface area (Å²) in [5.74, 6) is -0.169. The van der Waals surface area contributed by atoms with Crippen molar-refractivity contribution in [1.29, 1.82) is 0 Å². The normalized spacial score (nSPS) is 17.6. The number of likely N-dealkylation sites (tertiary alicyclic amines) is 1. The summed E-state index contributed by atoms with van der Waals surface area (Å²) in [6.07, 6.45) is 6.97. The molecule has 29 heavy (non-hydrogen) atoms. The number of amides is 1. The van der Waals surface area contributed by atoms with Gasteiger partial charge in [0.15, 0.2) is 5.65 Å². The van der Waals surface area contributed by atoms with E-state index < -0.39 is 10.0 Å². The molecule has 152 valence electrons. The van der Waals surface area contributed by atoms with Crippen LogP contribution < -0.4 is 4.72 Å². The standard InChI is InChI=1S/C20H23N5O3S/c1-29(27,28)23-13-16-9-5-6-12-24(16)20(26)17-14-22-25-18(10-11-21-19(17)25)15-7-3-2-4-8-15/h2-4,7-8,10-11,14,16,23H,5-6,9,12-13H2,1H3. The highest BCUT2D eigenvalue weighted by atomic mass is 32.2. The zero-order chi connectivity index (χ0) is 20.4. The molecule has 1 fully saturated rings. The number of nitrogens with one attached hydrogen (secondary N) is 1. The van der Waals surface area contributed by atoms with Gasteiger partial charge in [-0.05, 0) is 25.3 Å². The number of aromatic nitrogens is 3. The molecule has 3 aromatic rings. The Bertz CT molecular complexity index is 1130. The van der Waals surface area contributed by atoms with Gasteiger partial charge >= 0.3 is 0 Å². The molecular weight excluding hydrogens is 390 g/mol. The fourth-order valence-corrected chi connectivity index (χ4v) is 4.25. The smallest absolute Gasteiger partial charge is 0.259 e. The van der Waals surface area contributed by atoms with Crippen LogP contribution >= 0.6 is 0 Å². The summed E-state index contributed by atoms with van der Waals surface area (Å²) < 4.78 is 27.2. The molecule has 3 heterocycles. The van der Waals surface area contributed by atoms with Crippen molar-refractivity contribution >= 4 is 21.6 Å². The van der Waals surface area contributed by atoms with Gasteiger partial charge in [0.2, 0.25) is 10.0 Å². The third-order valence-electron chi connectivity index (χ3n) is 5.17. The molecule has 9 heteroatoms. The molecule has 2 aromatic heterocycles. The molecule has 1 N–H and O–H groups in total. The average molecular weight is 414 g/mol. The van der Waals surface area contributed by atoms with E-state index >= 15 is 0 Å². The summed E-state index contributed by atoms with van der Waals surface area (Å²) in [6.45, 7) is 0.803. The lowest BCUT2D eigenvalue weighted by molar-refractivity contribution is 0.0620. The maximum absolute atomic E-state index is 13.3. The molecule has 0 radical (unpaired) electrons. The highest BCUT2D eigenvalue weighted by Crippen LogP contribution is 2.24. The zero-order valence-electron chi connectivity index (χ0n) is 16.2. The molecule has 1 aliphatic rings. The second-order valence-electron chi connectivity index (χ2n) is 7.26. The van der Waals surface area contributed by atoms with Crippen molar-refractivity contribution in [2.75, 3.05) is 19.3 Å². The number of benzene rings is 1. The van der Waals surface area contributed by atoms with Crippen LogP contribution in [-0.2, 0) is 10.0 Å². The molecule has 0 saturated carbocycles. The SMILES string of the molecule is CS(=O)(=O)NCC1CCCCN1C(=O)c1cnn2c(-c3ccccc3)ccnc12. The molecule has 4 rings (SSSR count). The lowest BCUT2D eigenvalue weighted by Crippen LogP contribution is -2.49. The fourth-order valence-electron chi connectivity index (χ4n) is 3.75. The van der Waals surface area contributed by atoms with Crippen molar-refractivity contribution in [2.24, 2.45) is 0 Å². The Morgan fingerprint density at radius 3 is 2.76 bits per heavy atom. The molecule has 1 saturated heterocycles. The predicted molar refractivity (Wildman–Crippen MR) is 110 cm³/mol. The first kappa shape index (κ1) is 19.5. The van der Waals surface area contributed by atoms with Crippen LogP contribution in [0.15, 0.2) is 48.8 Å². The fraction of sp³-hybridized carbons (Fsp3) is 0.350. The topological polar surface area (TPSA) is 96.7 Å². The van der Waals surface area contributed by atoms with E-state index in [0.29, 0.717) is 17.8 Å². The number of carbonyl (C=O) groups is 1. The van der Waals surface area contributed by atoms with E-state index in [1.165, 1.54) is 0 Å². The van der Waals surface area contributed by atoms with Crippen LogP contribution in [0, 0.1) is 0 Å². The maximum atomic E-state index is 13.3. The quantitative estimate of drug-likeness (QED) is 0.690. The molecule has 1 aliphatic heterocycles. The van der Waals surface area contributed by atoms with Gasteiger partial charge in [0.05, 0.1) is 18.1 Å².